The molecule has 0 aliphatic heterocycles. The van der Waals surface area contributed by atoms with E-state index in [1.807, 2.05) is 6.92 Å². The molecule has 2 rings (SSSR count). The van der Waals surface area contributed by atoms with E-state index in [-0.39, 0.29) is 16.5 Å². The van der Waals surface area contributed by atoms with Crippen molar-refractivity contribution >= 4 is 29.2 Å². The lowest BCUT2D eigenvalue weighted by molar-refractivity contribution is 0.0602. The van der Waals surface area contributed by atoms with Crippen LogP contribution in [0.5, 0.6) is 0 Å². The van der Waals surface area contributed by atoms with Gasteiger partial charge in [-0.25, -0.2) is 4.79 Å². The SMILES string of the molecule is CCN(C)c1nn(-c2ccc(Cl)nn2)c(N)c1C(=O)OC. The highest BCUT2D eigenvalue weighted by molar-refractivity contribution is 6.29. The van der Waals surface area contributed by atoms with E-state index in [2.05, 4.69) is 15.3 Å². The number of esters is 1. The van der Waals surface area contributed by atoms with Crippen LogP contribution in [0.25, 0.3) is 5.82 Å². The molecule has 0 fully saturated rings. The topological polar surface area (TPSA) is 99.2 Å². The zero-order chi connectivity index (χ0) is 15.6. The maximum atomic E-state index is 11.9. The van der Waals surface area contributed by atoms with Gasteiger partial charge in [0.15, 0.2) is 16.8 Å². The molecule has 0 saturated heterocycles. The average Bonchev–Trinajstić information content (AvgIpc) is 2.84. The van der Waals surface area contributed by atoms with Gasteiger partial charge in [-0.3, -0.25) is 0 Å². The molecule has 9 heteroatoms. The highest BCUT2D eigenvalue weighted by Gasteiger charge is 2.26. The van der Waals surface area contributed by atoms with Gasteiger partial charge >= 0.3 is 5.97 Å². The van der Waals surface area contributed by atoms with E-state index < -0.39 is 5.97 Å². The second-order valence-corrected chi connectivity index (χ2v) is 4.60. The zero-order valence-electron chi connectivity index (χ0n) is 11.9. The average molecular weight is 311 g/mol. The van der Waals surface area contributed by atoms with Gasteiger partial charge in [-0.05, 0) is 19.1 Å². The monoisotopic (exact) mass is 310 g/mol. The summed E-state index contributed by atoms with van der Waals surface area (Å²) in [5.74, 6) is 0.348. The molecule has 2 aromatic heterocycles. The molecule has 2 N–H and O–H groups in total. The first-order valence-corrected chi connectivity index (χ1v) is 6.54. The Balaban J connectivity index is 2.60. The molecular weight excluding hydrogens is 296 g/mol. The van der Waals surface area contributed by atoms with Crippen molar-refractivity contribution in [3.63, 3.8) is 0 Å². The summed E-state index contributed by atoms with van der Waals surface area (Å²) in [7, 11) is 3.09. The summed E-state index contributed by atoms with van der Waals surface area (Å²) in [5.41, 5.74) is 6.21. The number of nitrogen functional groups attached to an aromatic ring is 1. The summed E-state index contributed by atoms with van der Waals surface area (Å²) in [6.45, 7) is 2.57. The van der Waals surface area contributed by atoms with Crippen molar-refractivity contribution < 1.29 is 9.53 Å². The van der Waals surface area contributed by atoms with Gasteiger partial charge in [0.2, 0.25) is 0 Å². The number of halogens is 1. The lowest BCUT2D eigenvalue weighted by Crippen LogP contribution is -2.19. The summed E-state index contributed by atoms with van der Waals surface area (Å²) >= 11 is 5.70. The van der Waals surface area contributed by atoms with Gasteiger partial charge in [-0.2, -0.15) is 4.68 Å². The second-order valence-electron chi connectivity index (χ2n) is 4.22. The van der Waals surface area contributed by atoms with Crippen LogP contribution in [-0.4, -0.2) is 46.6 Å². The fraction of sp³-hybridized carbons (Fsp3) is 0.333. The number of carbonyl (C=O) groups is 1. The van der Waals surface area contributed by atoms with Gasteiger partial charge in [-0.15, -0.1) is 15.3 Å². The minimum atomic E-state index is -0.559. The van der Waals surface area contributed by atoms with E-state index in [0.29, 0.717) is 18.2 Å². The molecule has 2 heterocycles. The Kier molecular flexibility index (Phi) is 4.27. The third kappa shape index (κ3) is 2.75. The highest BCUT2D eigenvalue weighted by Crippen LogP contribution is 2.27. The number of nitrogens with two attached hydrogens (primary N) is 1. The van der Waals surface area contributed by atoms with Crippen LogP contribution in [0.4, 0.5) is 11.6 Å². The van der Waals surface area contributed by atoms with Gasteiger partial charge in [0.05, 0.1) is 7.11 Å². The third-order valence-corrected chi connectivity index (χ3v) is 3.16. The minimum absolute atomic E-state index is 0.133. The van der Waals surface area contributed by atoms with Crippen molar-refractivity contribution in [1.29, 1.82) is 0 Å². The molecule has 0 atom stereocenters. The molecule has 8 nitrogen and oxygen atoms in total. The molecule has 21 heavy (non-hydrogen) atoms. The van der Waals surface area contributed by atoms with Crippen LogP contribution in [0.2, 0.25) is 5.15 Å². The Hall–Kier alpha value is -2.35. The predicted molar refractivity (Wildman–Crippen MR) is 78.9 cm³/mol. The summed E-state index contributed by atoms with van der Waals surface area (Å²) < 4.78 is 6.10. The van der Waals surface area contributed by atoms with Crippen molar-refractivity contribution in [1.82, 2.24) is 20.0 Å². The Labute approximate surface area is 126 Å². The summed E-state index contributed by atoms with van der Waals surface area (Å²) in [6, 6.07) is 3.17. The maximum Gasteiger partial charge on any atom is 0.345 e. The largest absolute Gasteiger partial charge is 0.465 e. The first kappa shape index (κ1) is 15.0. The molecule has 0 unspecified atom stereocenters. The van der Waals surface area contributed by atoms with Crippen LogP contribution in [-0.2, 0) is 4.74 Å². The molecule has 0 spiro atoms. The van der Waals surface area contributed by atoms with E-state index in [1.54, 1.807) is 24.1 Å². The normalized spacial score (nSPS) is 10.5. The highest BCUT2D eigenvalue weighted by atomic mass is 35.5. The molecule has 112 valence electrons. The van der Waals surface area contributed by atoms with Crippen LogP contribution in [0, 0.1) is 0 Å². The fourth-order valence-corrected chi connectivity index (χ4v) is 1.83. The molecule has 0 aromatic carbocycles. The number of ether oxygens (including phenoxy) is 1. The fourth-order valence-electron chi connectivity index (χ4n) is 1.73. The Morgan fingerprint density at radius 3 is 2.71 bits per heavy atom. The lowest BCUT2D eigenvalue weighted by Gasteiger charge is -2.14. The van der Waals surface area contributed by atoms with E-state index in [9.17, 15) is 4.79 Å². The van der Waals surface area contributed by atoms with Crippen molar-refractivity contribution in [3.8, 4) is 5.82 Å². The Morgan fingerprint density at radius 1 is 1.48 bits per heavy atom. The standard InChI is InChI=1S/C12H15ClN6O2/c1-4-18(2)11-9(12(20)21-3)10(14)19(17-11)8-6-5-7(13)15-16-8/h5-6H,4,14H2,1-3H3. The van der Waals surface area contributed by atoms with Crippen molar-refractivity contribution in [2.75, 3.05) is 31.3 Å². The number of nitrogens with zero attached hydrogens (tertiary/aromatic N) is 5. The summed E-state index contributed by atoms with van der Waals surface area (Å²) in [5, 5.41) is 12.2. The maximum absolute atomic E-state index is 11.9. The Morgan fingerprint density at radius 2 is 2.19 bits per heavy atom. The summed E-state index contributed by atoms with van der Waals surface area (Å²) in [4.78, 5) is 13.7. The molecule has 2 aromatic rings. The molecule has 0 aliphatic carbocycles. The lowest BCUT2D eigenvalue weighted by atomic mass is 10.3. The first-order valence-electron chi connectivity index (χ1n) is 6.17. The van der Waals surface area contributed by atoms with Gasteiger partial charge < -0.3 is 15.4 Å². The number of hydrogen-bond donors (Lipinski definition) is 1. The van der Waals surface area contributed by atoms with E-state index in [1.165, 1.54) is 11.8 Å². The molecule has 0 aliphatic rings. The number of methoxy groups -OCH3 is 1. The van der Waals surface area contributed by atoms with E-state index >= 15 is 0 Å². The van der Waals surface area contributed by atoms with E-state index in [0.717, 1.165) is 0 Å². The van der Waals surface area contributed by atoms with Crippen LogP contribution < -0.4 is 10.6 Å². The van der Waals surface area contributed by atoms with Gasteiger partial charge in [0, 0.05) is 13.6 Å². The number of hydrogen-bond acceptors (Lipinski definition) is 7. The minimum Gasteiger partial charge on any atom is -0.465 e. The number of aromatic nitrogens is 4. The molecule has 0 saturated carbocycles. The number of rotatable bonds is 4. The van der Waals surface area contributed by atoms with Crippen LogP contribution in [0.1, 0.15) is 17.3 Å². The number of anilines is 2. The quantitative estimate of drug-likeness (QED) is 0.845. The molecule has 0 bridgehead atoms. The molecule has 0 radical (unpaired) electrons. The summed E-state index contributed by atoms with van der Waals surface area (Å²) in [6.07, 6.45) is 0. The van der Waals surface area contributed by atoms with Crippen molar-refractivity contribution in [2.45, 2.75) is 6.92 Å². The van der Waals surface area contributed by atoms with Gasteiger partial charge in [0.25, 0.3) is 0 Å². The third-order valence-electron chi connectivity index (χ3n) is 2.96. The van der Waals surface area contributed by atoms with Crippen molar-refractivity contribution in [3.05, 3.63) is 22.8 Å². The van der Waals surface area contributed by atoms with Crippen LogP contribution in [0.3, 0.4) is 0 Å². The first-order chi connectivity index (χ1) is 9.99. The number of carbonyl (C=O) groups excluding carboxylic acids is 1. The van der Waals surface area contributed by atoms with Gasteiger partial charge in [-0.1, -0.05) is 11.6 Å². The Bertz CT molecular complexity index is 655. The second kappa shape index (κ2) is 5.96. The smallest absolute Gasteiger partial charge is 0.345 e. The zero-order valence-corrected chi connectivity index (χ0v) is 12.6. The van der Waals surface area contributed by atoms with Gasteiger partial charge in [0.1, 0.15) is 11.4 Å². The van der Waals surface area contributed by atoms with Crippen molar-refractivity contribution in [2.24, 2.45) is 0 Å². The van der Waals surface area contributed by atoms with Crippen LogP contribution >= 0.6 is 11.6 Å². The molecule has 0 amide bonds. The van der Waals surface area contributed by atoms with E-state index in [4.69, 9.17) is 22.1 Å². The molecular formula is C12H15ClN6O2. The predicted octanol–water partition coefficient (Wildman–Crippen LogP) is 1.14. The van der Waals surface area contributed by atoms with Crippen LogP contribution in [0.15, 0.2) is 12.1 Å².